The Labute approximate surface area is 183 Å². The van der Waals surface area contributed by atoms with Crippen LogP contribution in [0.2, 0.25) is 0 Å². The molecule has 2 rings (SSSR count). The van der Waals surface area contributed by atoms with Crippen LogP contribution in [0.1, 0.15) is 13.2 Å². The smallest absolute Gasteiger partial charge is 0.396 e. The molecule has 0 aliphatic carbocycles. The van der Waals surface area contributed by atoms with Crippen molar-refractivity contribution in [2.24, 2.45) is 5.92 Å². The number of aromatic nitrogens is 3. The van der Waals surface area contributed by atoms with Gasteiger partial charge in [-0.1, -0.05) is 5.92 Å². The van der Waals surface area contributed by atoms with E-state index in [1.807, 2.05) is 10.9 Å². The molecule has 18 nitrogen and oxygen atoms in total. The molecular weight excluding hydrogens is 519 g/mol. The Kier molecular flexibility index (Phi) is 8.06. The minimum atomic E-state index is -5.81. The van der Waals surface area contributed by atoms with Gasteiger partial charge in [0.2, 0.25) is 0 Å². The molecule has 1 aliphatic heterocycles. The van der Waals surface area contributed by atoms with Gasteiger partial charge in [0.15, 0.2) is 11.8 Å². The van der Waals surface area contributed by atoms with Gasteiger partial charge >= 0.3 is 29.2 Å². The van der Waals surface area contributed by atoms with E-state index in [0.717, 1.165) is 6.92 Å². The fraction of sp³-hybridized carbons (Fsp3) is 0.583. The Morgan fingerprint density at radius 1 is 1.27 bits per heavy atom. The highest BCUT2D eigenvalue weighted by Gasteiger charge is 2.59. The lowest BCUT2D eigenvalue weighted by atomic mass is 9.84. The second-order valence-corrected chi connectivity index (χ2v) is 10.9. The van der Waals surface area contributed by atoms with Crippen LogP contribution in [0.3, 0.4) is 0 Å². The monoisotopic (exact) mass is 537 g/mol. The number of ether oxygens (including phenoxy) is 1. The first-order valence-electron chi connectivity index (χ1n) is 8.41. The van der Waals surface area contributed by atoms with Crippen LogP contribution in [0.4, 0.5) is 0 Å². The number of rotatable bonds is 9. The van der Waals surface area contributed by atoms with Gasteiger partial charge in [0.1, 0.15) is 6.20 Å². The van der Waals surface area contributed by atoms with Crippen LogP contribution >= 0.6 is 23.5 Å². The van der Waals surface area contributed by atoms with E-state index in [1.165, 1.54) is 0 Å². The summed E-state index contributed by atoms with van der Waals surface area (Å²) in [5.74, 6) is 0.395. The number of terminal acetylenes is 1. The number of phosphoric ester groups is 1. The molecule has 0 saturated carbocycles. The number of hydrogen-bond acceptors (Lipinski definition) is 12. The molecule has 0 spiro atoms. The second-order valence-electron chi connectivity index (χ2n) is 6.50. The topological polar surface area (TPSA) is 277 Å². The van der Waals surface area contributed by atoms with Crippen molar-refractivity contribution < 1.29 is 61.4 Å². The Balaban J connectivity index is 2.33. The molecule has 7 N–H and O–H groups in total. The molecule has 1 aromatic heterocycles. The van der Waals surface area contributed by atoms with E-state index in [2.05, 4.69) is 18.2 Å². The summed E-state index contributed by atoms with van der Waals surface area (Å²) in [4.78, 5) is 61.1. The van der Waals surface area contributed by atoms with Crippen molar-refractivity contribution in [3.05, 3.63) is 27.0 Å². The largest absolute Gasteiger partial charge is 0.490 e. The summed E-state index contributed by atoms with van der Waals surface area (Å²) in [7, 11) is -17.0. The first-order chi connectivity index (χ1) is 14.9. The van der Waals surface area contributed by atoms with E-state index in [-0.39, 0.29) is 0 Å². The molecule has 0 radical (unpaired) electrons. The Hall–Kier alpha value is -1.54. The first-order valence-corrected chi connectivity index (χ1v) is 12.9. The molecule has 33 heavy (non-hydrogen) atoms. The number of hydrogen-bond donors (Lipinski definition) is 7. The fourth-order valence-electron chi connectivity index (χ4n) is 2.98. The Morgan fingerprint density at radius 3 is 2.36 bits per heavy atom. The number of aliphatic hydroxyl groups is 2. The van der Waals surface area contributed by atoms with Crippen molar-refractivity contribution in [2.75, 3.05) is 6.61 Å². The lowest BCUT2D eigenvalue weighted by Gasteiger charge is -2.29. The summed E-state index contributed by atoms with van der Waals surface area (Å²) in [6.45, 7) is 0.0676. The molecule has 1 aliphatic rings. The van der Waals surface area contributed by atoms with E-state index in [4.69, 9.17) is 20.9 Å². The maximum absolute atomic E-state index is 12.1. The van der Waals surface area contributed by atoms with Crippen LogP contribution in [0.15, 0.2) is 15.8 Å². The normalized spacial score (nSPS) is 30.2. The number of H-pyrrole nitrogens is 1. The standard InChI is InChI=1S/C12H18N3O15P3/c1-3-12(19)7(5-16)9(27-10(12)15-11(18)14-8(17)4-13-15)6(2)28-32(23,24)30-33(25,26)29-31(20,21)22/h1,4,6-7,9-10,16,19H,5H2,2H3,(H,23,24)(H,25,26)(H,14,17,18)(H2,20,21,22)/t6-,7?,9-,10-,12?/m1/s1. The van der Waals surface area contributed by atoms with E-state index in [1.54, 1.807) is 0 Å². The predicted molar refractivity (Wildman–Crippen MR) is 102 cm³/mol. The van der Waals surface area contributed by atoms with Crippen molar-refractivity contribution in [2.45, 2.75) is 31.0 Å². The number of aromatic amines is 1. The van der Waals surface area contributed by atoms with Gasteiger partial charge < -0.3 is 34.5 Å². The number of aliphatic hydroxyl groups excluding tert-OH is 1. The zero-order valence-electron chi connectivity index (χ0n) is 16.3. The summed E-state index contributed by atoms with van der Waals surface area (Å²) in [5.41, 5.74) is -4.55. The fourth-order valence-corrected chi connectivity index (χ4v) is 6.18. The highest BCUT2D eigenvalue weighted by molar-refractivity contribution is 7.66. The molecule has 1 saturated heterocycles. The van der Waals surface area contributed by atoms with Gasteiger partial charge in [0, 0.05) is 0 Å². The van der Waals surface area contributed by atoms with Crippen LogP contribution in [-0.2, 0) is 31.6 Å². The van der Waals surface area contributed by atoms with E-state index in [9.17, 15) is 43.3 Å². The third-order valence-corrected chi connectivity index (χ3v) is 8.12. The van der Waals surface area contributed by atoms with Gasteiger partial charge in [0.25, 0.3) is 5.56 Å². The van der Waals surface area contributed by atoms with Gasteiger partial charge in [-0.05, 0) is 6.92 Å². The second kappa shape index (κ2) is 9.61. The summed E-state index contributed by atoms with van der Waals surface area (Å²) >= 11 is 0. The third-order valence-electron chi connectivity index (χ3n) is 4.19. The molecule has 0 amide bonds. The lowest BCUT2D eigenvalue weighted by Crippen LogP contribution is -2.47. The van der Waals surface area contributed by atoms with Crippen LogP contribution in [0, 0.1) is 18.3 Å². The third kappa shape index (κ3) is 6.53. The number of nitrogens with zero attached hydrogens (tertiary/aromatic N) is 2. The zero-order valence-corrected chi connectivity index (χ0v) is 18.9. The molecule has 0 bridgehead atoms. The maximum Gasteiger partial charge on any atom is 0.490 e. The summed E-state index contributed by atoms with van der Waals surface area (Å²) in [5, 5.41) is 24.1. The predicted octanol–water partition coefficient (Wildman–Crippen LogP) is -2.47. The van der Waals surface area contributed by atoms with Gasteiger partial charge in [-0.2, -0.15) is 18.4 Å². The highest BCUT2D eigenvalue weighted by atomic mass is 31.3. The number of phosphoric acid groups is 3. The maximum atomic E-state index is 12.1. The number of nitrogens with one attached hydrogen (secondary N) is 1. The minimum absolute atomic E-state index is 0.432. The molecule has 2 heterocycles. The molecule has 21 heteroatoms. The van der Waals surface area contributed by atoms with Crippen LogP contribution in [0.5, 0.6) is 0 Å². The van der Waals surface area contributed by atoms with Crippen LogP contribution < -0.4 is 11.2 Å². The molecular formula is C12H18N3O15P3. The zero-order chi connectivity index (χ0) is 25.4. The van der Waals surface area contributed by atoms with Crippen LogP contribution in [-0.4, -0.2) is 69.0 Å². The summed E-state index contributed by atoms with van der Waals surface area (Å²) in [6, 6.07) is 0. The van der Waals surface area contributed by atoms with Crippen molar-refractivity contribution in [3.8, 4) is 12.3 Å². The summed E-state index contributed by atoms with van der Waals surface area (Å²) in [6.07, 6.45) is 0.839. The Morgan fingerprint density at radius 2 is 1.88 bits per heavy atom. The van der Waals surface area contributed by atoms with Gasteiger partial charge in [-0.15, -0.1) is 6.42 Å². The Bertz CT molecular complexity index is 1180. The van der Waals surface area contributed by atoms with E-state index in [0.29, 0.717) is 10.9 Å². The van der Waals surface area contributed by atoms with E-state index < -0.39 is 71.3 Å². The molecule has 7 atom stereocenters. The van der Waals surface area contributed by atoms with Crippen molar-refractivity contribution in [1.82, 2.24) is 14.8 Å². The first kappa shape index (κ1) is 27.7. The quantitative estimate of drug-likeness (QED) is 0.127. The van der Waals surface area contributed by atoms with Crippen molar-refractivity contribution in [1.29, 1.82) is 0 Å². The molecule has 4 unspecified atom stereocenters. The average Bonchev–Trinajstić information content (AvgIpc) is 2.91. The van der Waals surface area contributed by atoms with Gasteiger partial charge in [0.05, 0.1) is 24.7 Å². The average molecular weight is 537 g/mol. The van der Waals surface area contributed by atoms with Crippen molar-refractivity contribution >= 4 is 23.5 Å². The molecule has 1 fully saturated rings. The summed E-state index contributed by atoms with van der Waals surface area (Å²) < 4.78 is 51.9. The molecule has 1 aromatic rings. The van der Waals surface area contributed by atoms with Gasteiger partial charge in [-0.3, -0.25) is 14.3 Å². The minimum Gasteiger partial charge on any atom is -0.396 e. The van der Waals surface area contributed by atoms with Crippen LogP contribution in [0.25, 0.3) is 0 Å². The van der Waals surface area contributed by atoms with Crippen molar-refractivity contribution in [3.63, 3.8) is 0 Å². The SMILES string of the molecule is C#CC1(O)C(CO)[C@@H]([C@@H](C)OP(=O)(O)OP(=O)(O)OP(=O)(O)O)O[C@H]1n1ncc(=O)[nH]c1=O. The lowest BCUT2D eigenvalue weighted by molar-refractivity contribution is -0.0933. The molecule has 186 valence electrons. The van der Waals surface area contributed by atoms with Gasteiger partial charge in [-0.25, -0.2) is 18.5 Å². The highest BCUT2D eigenvalue weighted by Crippen LogP contribution is 2.66. The van der Waals surface area contributed by atoms with E-state index >= 15 is 0 Å². The molecule has 0 aromatic carbocycles.